The zero-order valence-electron chi connectivity index (χ0n) is 12.5. The molecule has 0 spiro atoms. The molecule has 0 unspecified atom stereocenters. The number of hydrogen-bond donors (Lipinski definition) is 0. The van der Waals surface area contributed by atoms with E-state index in [0.29, 0.717) is 31.0 Å². The highest BCUT2D eigenvalue weighted by Crippen LogP contribution is 2.34. The Labute approximate surface area is 123 Å². The van der Waals surface area contributed by atoms with E-state index in [4.69, 9.17) is 18.9 Å². The van der Waals surface area contributed by atoms with Crippen LogP contribution in [-0.2, 0) is 9.53 Å². The van der Waals surface area contributed by atoms with Crippen molar-refractivity contribution in [2.75, 3.05) is 26.4 Å². The van der Waals surface area contributed by atoms with Crippen molar-refractivity contribution in [3.8, 4) is 17.2 Å². The molecule has 0 fully saturated rings. The fourth-order valence-electron chi connectivity index (χ4n) is 1.65. The molecule has 0 amide bonds. The number of carbonyl (C=O) groups excluding carboxylic acids is 2. The first-order chi connectivity index (χ1) is 10.2. The molecule has 116 valence electrons. The third-order valence-corrected chi connectivity index (χ3v) is 2.45. The molecule has 0 saturated heterocycles. The first-order valence-corrected chi connectivity index (χ1v) is 6.83. The van der Waals surface area contributed by atoms with Gasteiger partial charge in [-0.25, -0.2) is 4.79 Å². The zero-order valence-corrected chi connectivity index (χ0v) is 12.5. The summed E-state index contributed by atoms with van der Waals surface area (Å²) in [6.07, 6.45) is 0.638. The Morgan fingerprint density at radius 3 is 2.10 bits per heavy atom. The van der Waals surface area contributed by atoms with Gasteiger partial charge in [0.1, 0.15) is 5.75 Å². The van der Waals surface area contributed by atoms with E-state index < -0.39 is 5.97 Å². The summed E-state index contributed by atoms with van der Waals surface area (Å²) >= 11 is 0. The molecule has 0 aliphatic carbocycles. The largest absolute Gasteiger partial charge is 0.490 e. The maximum absolute atomic E-state index is 11.3. The first-order valence-electron chi connectivity index (χ1n) is 6.83. The van der Waals surface area contributed by atoms with E-state index in [2.05, 4.69) is 0 Å². The third kappa shape index (κ3) is 4.98. The maximum atomic E-state index is 11.3. The molecule has 0 heterocycles. The summed E-state index contributed by atoms with van der Waals surface area (Å²) in [5.41, 5.74) is 0.284. The lowest BCUT2D eigenvalue weighted by molar-refractivity contribution is -0.145. The molecule has 0 bridgehead atoms. The van der Waals surface area contributed by atoms with Gasteiger partial charge in [0.15, 0.2) is 24.4 Å². The van der Waals surface area contributed by atoms with E-state index >= 15 is 0 Å². The summed E-state index contributed by atoms with van der Waals surface area (Å²) in [6.45, 7) is 6.27. The van der Waals surface area contributed by atoms with Crippen LogP contribution in [0.3, 0.4) is 0 Å². The smallest absolute Gasteiger partial charge is 0.344 e. The maximum Gasteiger partial charge on any atom is 0.344 e. The predicted molar refractivity (Wildman–Crippen MR) is 76.3 cm³/mol. The second kappa shape index (κ2) is 8.84. The van der Waals surface area contributed by atoms with Gasteiger partial charge in [-0.15, -0.1) is 0 Å². The van der Waals surface area contributed by atoms with E-state index in [1.165, 1.54) is 12.1 Å². The van der Waals surface area contributed by atoms with Crippen LogP contribution in [0.4, 0.5) is 0 Å². The fraction of sp³-hybridized carbons (Fsp3) is 0.467. The van der Waals surface area contributed by atoms with Crippen LogP contribution in [-0.4, -0.2) is 38.7 Å². The summed E-state index contributed by atoms with van der Waals surface area (Å²) in [4.78, 5) is 22.4. The van der Waals surface area contributed by atoms with Crippen LogP contribution in [0.15, 0.2) is 12.1 Å². The minimum absolute atomic E-state index is 0.255. The Balaban J connectivity index is 2.98. The Kier molecular flexibility index (Phi) is 7.08. The van der Waals surface area contributed by atoms with Gasteiger partial charge < -0.3 is 18.9 Å². The van der Waals surface area contributed by atoms with Gasteiger partial charge in [0, 0.05) is 6.07 Å². The molecule has 1 aromatic carbocycles. The van der Waals surface area contributed by atoms with Crippen LogP contribution in [0.5, 0.6) is 17.2 Å². The van der Waals surface area contributed by atoms with E-state index in [-0.39, 0.29) is 24.5 Å². The van der Waals surface area contributed by atoms with E-state index in [1.54, 1.807) is 6.92 Å². The van der Waals surface area contributed by atoms with Gasteiger partial charge in [-0.05, 0) is 26.8 Å². The molecule has 0 aliphatic heterocycles. The van der Waals surface area contributed by atoms with Gasteiger partial charge in [0.2, 0.25) is 0 Å². The number of benzene rings is 1. The molecule has 0 atom stereocenters. The Bertz CT molecular complexity index is 483. The summed E-state index contributed by atoms with van der Waals surface area (Å²) < 4.78 is 21.0. The van der Waals surface area contributed by atoms with Gasteiger partial charge in [0.25, 0.3) is 0 Å². The van der Waals surface area contributed by atoms with Gasteiger partial charge in [-0.1, -0.05) is 0 Å². The van der Waals surface area contributed by atoms with E-state index in [1.807, 2.05) is 13.8 Å². The number of esters is 1. The van der Waals surface area contributed by atoms with E-state index in [0.717, 1.165) is 0 Å². The molecule has 6 heteroatoms. The molecular formula is C15H20O6. The van der Waals surface area contributed by atoms with Gasteiger partial charge >= 0.3 is 5.97 Å². The standard InChI is InChI=1S/C15H20O6/c1-4-18-13-7-11(9-16)12(8-14(13)19-5-2)21-10-15(17)20-6-3/h7-9H,4-6,10H2,1-3H3. The number of hydrogen-bond acceptors (Lipinski definition) is 6. The lowest BCUT2D eigenvalue weighted by atomic mass is 10.2. The number of rotatable bonds is 9. The van der Waals surface area contributed by atoms with Crippen molar-refractivity contribution in [3.63, 3.8) is 0 Å². The summed E-state index contributed by atoms with van der Waals surface area (Å²) in [6, 6.07) is 3.07. The summed E-state index contributed by atoms with van der Waals surface area (Å²) in [5, 5.41) is 0. The SMILES string of the molecule is CCOC(=O)COc1cc(OCC)c(OCC)cc1C=O. The molecular weight excluding hydrogens is 276 g/mol. The van der Waals surface area contributed by atoms with Crippen molar-refractivity contribution in [1.82, 2.24) is 0 Å². The van der Waals surface area contributed by atoms with Crippen LogP contribution in [0.25, 0.3) is 0 Å². The van der Waals surface area contributed by atoms with Gasteiger partial charge in [-0.3, -0.25) is 4.79 Å². The average Bonchev–Trinajstić information content (AvgIpc) is 2.47. The Morgan fingerprint density at radius 2 is 1.57 bits per heavy atom. The van der Waals surface area contributed by atoms with Gasteiger partial charge in [-0.2, -0.15) is 0 Å². The van der Waals surface area contributed by atoms with Gasteiger partial charge in [0.05, 0.1) is 25.4 Å². The highest BCUT2D eigenvalue weighted by atomic mass is 16.6. The van der Waals surface area contributed by atoms with E-state index in [9.17, 15) is 9.59 Å². The first kappa shape index (κ1) is 16.8. The highest BCUT2D eigenvalue weighted by molar-refractivity contribution is 5.81. The predicted octanol–water partition coefficient (Wildman–Crippen LogP) is 2.24. The molecule has 0 saturated carbocycles. The molecule has 0 radical (unpaired) electrons. The molecule has 1 aromatic rings. The molecule has 0 aromatic heterocycles. The normalized spacial score (nSPS) is 9.86. The van der Waals surface area contributed by atoms with Crippen LogP contribution in [0.2, 0.25) is 0 Å². The van der Waals surface area contributed by atoms with Crippen molar-refractivity contribution in [2.24, 2.45) is 0 Å². The third-order valence-electron chi connectivity index (χ3n) is 2.45. The Morgan fingerprint density at radius 1 is 0.952 bits per heavy atom. The molecule has 0 N–H and O–H groups in total. The highest BCUT2D eigenvalue weighted by Gasteiger charge is 2.14. The molecule has 1 rings (SSSR count). The van der Waals surface area contributed by atoms with Crippen LogP contribution < -0.4 is 14.2 Å². The summed E-state index contributed by atoms with van der Waals surface area (Å²) in [5.74, 6) is 0.680. The lowest BCUT2D eigenvalue weighted by Crippen LogP contribution is -2.15. The van der Waals surface area contributed by atoms with Crippen molar-refractivity contribution in [1.29, 1.82) is 0 Å². The molecule has 0 aliphatic rings. The quantitative estimate of drug-likeness (QED) is 0.514. The minimum atomic E-state index is -0.499. The summed E-state index contributed by atoms with van der Waals surface area (Å²) in [7, 11) is 0. The average molecular weight is 296 g/mol. The number of carbonyl (C=O) groups is 2. The molecule has 21 heavy (non-hydrogen) atoms. The van der Waals surface area contributed by atoms with Crippen LogP contribution in [0.1, 0.15) is 31.1 Å². The zero-order chi connectivity index (χ0) is 15.7. The second-order valence-corrected chi connectivity index (χ2v) is 3.91. The second-order valence-electron chi connectivity index (χ2n) is 3.91. The minimum Gasteiger partial charge on any atom is -0.490 e. The number of ether oxygens (including phenoxy) is 4. The lowest BCUT2D eigenvalue weighted by Gasteiger charge is -2.14. The Hall–Kier alpha value is -2.24. The topological polar surface area (TPSA) is 71.1 Å². The molecule has 6 nitrogen and oxygen atoms in total. The van der Waals surface area contributed by atoms with Crippen molar-refractivity contribution < 1.29 is 28.5 Å². The van der Waals surface area contributed by atoms with Crippen LogP contribution >= 0.6 is 0 Å². The monoisotopic (exact) mass is 296 g/mol. The van der Waals surface area contributed by atoms with Crippen molar-refractivity contribution >= 4 is 12.3 Å². The van der Waals surface area contributed by atoms with Crippen LogP contribution in [0, 0.1) is 0 Å². The fourth-order valence-corrected chi connectivity index (χ4v) is 1.65. The van der Waals surface area contributed by atoms with Crippen molar-refractivity contribution in [2.45, 2.75) is 20.8 Å². The number of aldehydes is 1. The van der Waals surface area contributed by atoms with Crippen molar-refractivity contribution in [3.05, 3.63) is 17.7 Å².